The van der Waals surface area contributed by atoms with Gasteiger partial charge in [-0.3, -0.25) is 4.79 Å². The number of aromatic nitrogens is 1. The van der Waals surface area contributed by atoms with Gasteiger partial charge in [0.25, 0.3) is 0 Å². The summed E-state index contributed by atoms with van der Waals surface area (Å²) in [6, 6.07) is 14.3. The molecule has 1 aliphatic heterocycles. The van der Waals surface area contributed by atoms with Gasteiger partial charge in [-0.05, 0) is 36.6 Å². The van der Waals surface area contributed by atoms with Gasteiger partial charge >= 0.3 is 0 Å². The largest absolute Gasteiger partial charge is 0.366 e. The molecule has 1 aromatic carbocycles. The lowest BCUT2D eigenvalue weighted by Crippen LogP contribution is -2.23. The van der Waals surface area contributed by atoms with Gasteiger partial charge in [-0.2, -0.15) is 0 Å². The third-order valence-electron chi connectivity index (χ3n) is 3.90. The number of nitrogens with zero attached hydrogens (tertiary/aromatic N) is 2. The Bertz CT molecular complexity index is 669. The monoisotopic (exact) mass is 295 g/mol. The Morgan fingerprint density at radius 3 is 2.77 bits per heavy atom. The number of aryl methyl sites for hydroxylation is 1. The summed E-state index contributed by atoms with van der Waals surface area (Å²) >= 11 is 0. The molecular formula is C18H21N3O. The van der Waals surface area contributed by atoms with E-state index in [4.69, 9.17) is 0 Å². The van der Waals surface area contributed by atoms with Crippen LogP contribution in [0.2, 0.25) is 0 Å². The number of nitrogens with one attached hydrogen (secondary N) is 1. The molecule has 4 nitrogen and oxygen atoms in total. The Balaban J connectivity index is 1.62. The summed E-state index contributed by atoms with van der Waals surface area (Å²) in [5.74, 6) is 1.16. The molecule has 2 heterocycles. The minimum Gasteiger partial charge on any atom is -0.366 e. The number of anilines is 1. The summed E-state index contributed by atoms with van der Waals surface area (Å²) < 4.78 is 0. The molecule has 0 bridgehead atoms. The van der Waals surface area contributed by atoms with E-state index in [9.17, 15) is 4.79 Å². The van der Waals surface area contributed by atoms with Crippen LogP contribution in [0.25, 0.3) is 0 Å². The van der Waals surface area contributed by atoms with Crippen molar-refractivity contribution in [3.63, 3.8) is 0 Å². The maximum absolute atomic E-state index is 11.7. The van der Waals surface area contributed by atoms with Gasteiger partial charge in [0.15, 0.2) is 0 Å². The van der Waals surface area contributed by atoms with Crippen molar-refractivity contribution >= 4 is 11.7 Å². The van der Waals surface area contributed by atoms with Crippen molar-refractivity contribution in [3.8, 4) is 0 Å². The second-order valence-corrected chi connectivity index (χ2v) is 5.76. The molecule has 1 aromatic heterocycles. The lowest BCUT2D eigenvalue weighted by Gasteiger charge is -2.16. The van der Waals surface area contributed by atoms with Crippen molar-refractivity contribution in [2.24, 2.45) is 0 Å². The van der Waals surface area contributed by atoms with E-state index in [0.29, 0.717) is 6.42 Å². The van der Waals surface area contributed by atoms with E-state index in [1.54, 1.807) is 0 Å². The topological polar surface area (TPSA) is 45.2 Å². The second-order valence-electron chi connectivity index (χ2n) is 5.76. The van der Waals surface area contributed by atoms with Crippen molar-refractivity contribution < 1.29 is 4.79 Å². The summed E-state index contributed by atoms with van der Waals surface area (Å²) in [4.78, 5) is 18.1. The van der Waals surface area contributed by atoms with Gasteiger partial charge in [-0.15, -0.1) is 0 Å². The summed E-state index contributed by atoms with van der Waals surface area (Å²) in [5, 5.41) is 3.34. The van der Waals surface area contributed by atoms with Crippen LogP contribution in [0.1, 0.15) is 29.7 Å². The zero-order valence-electron chi connectivity index (χ0n) is 12.9. The molecule has 1 aliphatic rings. The van der Waals surface area contributed by atoms with E-state index in [-0.39, 0.29) is 5.91 Å². The molecule has 22 heavy (non-hydrogen) atoms. The van der Waals surface area contributed by atoms with Crippen molar-refractivity contribution in [1.29, 1.82) is 0 Å². The third-order valence-corrected chi connectivity index (χ3v) is 3.90. The molecule has 3 rings (SSSR count). The number of benzene rings is 1. The van der Waals surface area contributed by atoms with Crippen LogP contribution in [0.3, 0.4) is 0 Å². The number of hydrogen-bond acceptors (Lipinski definition) is 3. The number of carbonyl (C=O) groups is 1. The van der Waals surface area contributed by atoms with Gasteiger partial charge in [0, 0.05) is 31.7 Å². The highest BCUT2D eigenvalue weighted by atomic mass is 16.2. The van der Waals surface area contributed by atoms with E-state index in [1.807, 2.05) is 30.0 Å². The lowest BCUT2D eigenvalue weighted by atomic mass is 10.1. The number of likely N-dealkylation sites (tertiary alicyclic amines) is 1. The molecule has 4 heteroatoms. The Hall–Kier alpha value is -2.36. The molecule has 0 saturated carbocycles. The van der Waals surface area contributed by atoms with E-state index in [0.717, 1.165) is 37.6 Å². The first-order valence-corrected chi connectivity index (χ1v) is 7.74. The summed E-state index contributed by atoms with van der Waals surface area (Å²) in [7, 11) is 0. The Morgan fingerprint density at radius 2 is 2.00 bits per heavy atom. The normalized spacial score (nSPS) is 14.4. The van der Waals surface area contributed by atoms with E-state index >= 15 is 0 Å². The molecule has 114 valence electrons. The predicted octanol–water partition coefficient (Wildman–Crippen LogP) is 3.12. The molecule has 0 radical (unpaired) electrons. The average Bonchev–Trinajstić information content (AvgIpc) is 2.91. The van der Waals surface area contributed by atoms with Crippen LogP contribution in [0, 0.1) is 6.92 Å². The van der Waals surface area contributed by atoms with Crippen molar-refractivity contribution in [3.05, 3.63) is 59.3 Å². The maximum Gasteiger partial charge on any atom is 0.222 e. The van der Waals surface area contributed by atoms with Gasteiger partial charge in [0.1, 0.15) is 5.82 Å². The van der Waals surface area contributed by atoms with E-state index < -0.39 is 0 Å². The Morgan fingerprint density at radius 1 is 1.18 bits per heavy atom. The standard InChI is InChI=1S/C18H21N3O/c1-14-5-2-8-17(20-14)19-12-15-6-3-7-16(11-15)13-21-10-4-9-18(21)22/h2-3,5-8,11H,4,9-10,12-13H2,1H3,(H,19,20). The van der Waals surface area contributed by atoms with E-state index in [1.165, 1.54) is 11.1 Å². The van der Waals surface area contributed by atoms with Crippen LogP contribution in [0.15, 0.2) is 42.5 Å². The van der Waals surface area contributed by atoms with Gasteiger partial charge in [-0.25, -0.2) is 4.98 Å². The average molecular weight is 295 g/mol. The smallest absolute Gasteiger partial charge is 0.222 e. The quantitative estimate of drug-likeness (QED) is 0.922. The summed E-state index contributed by atoms with van der Waals surface area (Å²) in [6.07, 6.45) is 1.68. The zero-order valence-corrected chi connectivity index (χ0v) is 12.9. The van der Waals surface area contributed by atoms with Crippen molar-refractivity contribution in [1.82, 2.24) is 9.88 Å². The highest BCUT2D eigenvalue weighted by Gasteiger charge is 2.19. The highest BCUT2D eigenvalue weighted by Crippen LogP contribution is 2.16. The lowest BCUT2D eigenvalue weighted by molar-refractivity contribution is -0.128. The van der Waals surface area contributed by atoms with Crippen LogP contribution in [0.4, 0.5) is 5.82 Å². The number of hydrogen-bond donors (Lipinski definition) is 1. The zero-order chi connectivity index (χ0) is 15.4. The highest BCUT2D eigenvalue weighted by molar-refractivity contribution is 5.78. The number of pyridine rings is 1. The first kappa shape index (κ1) is 14.6. The molecule has 0 atom stereocenters. The molecule has 0 spiro atoms. The van der Waals surface area contributed by atoms with Gasteiger partial charge in [0.2, 0.25) is 5.91 Å². The molecule has 0 unspecified atom stereocenters. The molecule has 2 aromatic rings. The number of amides is 1. The molecule has 1 saturated heterocycles. The van der Waals surface area contributed by atoms with Crippen molar-refractivity contribution in [2.75, 3.05) is 11.9 Å². The Kier molecular flexibility index (Phi) is 4.37. The van der Waals surface area contributed by atoms with Crippen LogP contribution in [-0.2, 0) is 17.9 Å². The maximum atomic E-state index is 11.7. The van der Waals surface area contributed by atoms with Gasteiger partial charge in [0.05, 0.1) is 0 Å². The molecular weight excluding hydrogens is 274 g/mol. The SMILES string of the molecule is Cc1cccc(NCc2cccc(CN3CCCC3=O)c2)n1. The van der Waals surface area contributed by atoms with Crippen LogP contribution < -0.4 is 5.32 Å². The summed E-state index contributed by atoms with van der Waals surface area (Å²) in [6.45, 7) is 4.32. The number of rotatable bonds is 5. The first-order chi connectivity index (χ1) is 10.7. The third kappa shape index (κ3) is 3.64. The van der Waals surface area contributed by atoms with Gasteiger partial charge < -0.3 is 10.2 Å². The predicted molar refractivity (Wildman–Crippen MR) is 87.4 cm³/mol. The fourth-order valence-electron chi connectivity index (χ4n) is 2.76. The fraction of sp³-hybridized carbons (Fsp3) is 0.333. The Labute approximate surface area is 131 Å². The minimum atomic E-state index is 0.271. The fourth-order valence-corrected chi connectivity index (χ4v) is 2.76. The van der Waals surface area contributed by atoms with Crippen LogP contribution in [0.5, 0.6) is 0 Å². The van der Waals surface area contributed by atoms with Gasteiger partial charge in [-0.1, -0.05) is 30.3 Å². The molecule has 1 N–H and O–H groups in total. The van der Waals surface area contributed by atoms with Crippen LogP contribution >= 0.6 is 0 Å². The summed E-state index contributed by atoms with van der Waals surface area (Å²) in [5.41, 5.74) is 3.39. The number of carbonyl (C=O) groups excluding carboxylic acids is 1. The minimum absolute atomic E-state index is 0.271. The first-order valence-electron chi connectivity index (χ1n) is 7.74. The molecule has 0 aliphatic carbocycles. The molecule has 1 fully saturated rings. The second kappa shape index (κ2) is 6.60. The van der Waals surface area contributed by atoms with E-state index in [2.05, 4.69) is 34.6 Å². The van der Waals surface area contributed by atoms with Crippen molar-refractivity contribution in [2.45, 2.75) is 32.9 Å². The van der Waals surface area contributed by atoms with Crippen LogP contribution in [-0.4, -0.2) is 22.3 Å². The molecule has 1 amide bonds.